The van der Waals surface area contributed by atoms with Crippen LogP contribution in [0.25, 0.3) is 0 Å². The molecule has 0 atom stereocenters. The van der Waals surface area contributed by atoms with E-state index < -0.39 is 5.97 Å². The van der Waals surface area contributed by atoms with E-state index in [2.05, 4.69) is 4.98 Å². The fourth-order valence-electron chi connectivity index (χ4n) is 2.52. The van der Waals surface area contributed by atoms with Gasteiger partial charge in [0.05, 0.1) is 12.0 Å². The molecular weight excluding hydrogens is 268 g/mol. The molecule has 0 saturated heterocycles. The van der Waals surface area contributed by atoms with Crippen LogP contribution in [0.4, 0.5) is 5.69 Å². The monoisotopic (exact) mass is 282 g/mol. The maximum atomic E-state index is 12.1. The van der Waals surface area contributed by atoms with Gasteiger partial charge in [-0.2, -0.15) is 0 Å². The lowest BCUT2D eigenvalue weighted by Crippen LogP contribution is -2.29. The van der Waals surface area contributed by atoms with E-state index in [1.165, 1.54) is 0 Å². The predicted octanol–water partition coefficient (Wildman–Crippen LogP) is 1.91. The second-order valence-corrected chi connectivity index (χ2v) is 4.98. The number of amides is 1. The SMILES string of the molecule is O=C(O)c1ccc2c(c1)N(CCc1cccnc1)C(=O)C2. The Morgan fingerprint density at radius 2 is 2.19 bits per heavy atom. The number of carbonyl (C=O) groups is 2. The number of fused-ring (bicyclic) bond motifs is 1. The molecule has 1 aliphatic rings. The summed E-state index contributed by atoms with van der Waals surface area (Å²) in [6, 6.07) is 8.66. The van der Waals surface area contributed by atoms with Gasteiger partial charge in [0.15, 0.2) is 0 Å². The number of benzene rings is 1. The van der Waals surface area contributed by atoms with Crippen molar-refractivity contribution in [3.8, 4) is 0 Å². The van der Waals surface area contributed by atoms with Crippen LogP contribution in [0.3, 0.4) is 0 Å². The molecule has 0 radical (unpaired) electrons. The zero-order chi connectivity index (χ0) is 14.8. The highest BCUT2D eigenvalue weighted by atomic mass is 16.4. The van der Waals surface area contributed by atoms with Gasteiger partial charge in [-0.05, 0) is 35.7 Å². The van der Waals surface area contributed by atoms with Gasteiger partial charge in [-0.3, -0.25) is 9.78 Å². The van der Waals surface area contributed by atoms with Crippen molar-refractivity contribution in [3.05, 3.63) is 59.4 Å². The van der Waals surface area contributed by atoms with E-state index >= 15 is 0 Å². The van der Waals surface area contributed by atoms with Crippen molar-refractivity contribution < 1.29 is 14.7 Å². The summed E-state index contributed by atoms with van der Waals surface area (Å²) in [5.41, 5.74) is 2.85. The Labute approximate surface area is 121 Å². The number of carboxylic acid groups (broad SMARTS) is 1. The fraction of sp³-hybridized carbons (Fsp3) is 0.188. The molecule has 1 aromatic carbocycles. The van der Waals surface area contributed by atoms with Gasteiger partial charge in [-0.1, -0.05) is 12.1 Å². The van der Waals surface area contributed by atoms with E-state index in [4.69, 9.17) is 5.11 Å². The van der Waals surface area contributed by atoms with Crippen LogP contribution < -0.4 is 4.90 Å². The second-order valence-electron chi connectivity index (χ2n) is 4.98. The van der Waals surface area contributed by atoms with Crippen molar-refractivity contribution in [1.29, 1.82) is 0 Å². The van der Waals surface area contributed by atoms with E-state index in [1.807, 2.05) is 12.1 Å². The lowest BCUT2D eigenvalue weighted by Gasteiger charge is -2.17. The Morgan fingerprint density at radius 3 is 2.90 bits per heavy atom. The molecule has 0 bridgehead atoms. The normalized spacial score (nSPS) is 13.3. The Hall–Kier alpha value is -2.69. The largest absolute Gasteiger partial charge is 0.478 e. The molecule has 0 unspecified atom stereocenters. The molecule has 1 N–H and O–H groups in total. The number of hydrogen-bond acceptors (Lipinski definition) is 3. The number of pyridine rings is 1. The number of anilines is 1. The lowest BCUT2D eigenvalue weighted by molar-refractivity contribution is -0.117. The second kappa shape index (κ2) is 5.36. The minimum atomic E-state index is -0.982. The summed E-state index contributed by atoms with van der Waals surface area (Å²) < 4.78 is 0. The first kappa shape index (κ1) is 13.3. The molecule has 21 heavy (non-hydrogen) atoms. The first-order chi connectivity index (χ1) is 10.1. The number of hydrogen-bond donors (Lipinski definition) is 1. The number of rotatable bonds is 4. The molecule has 0 spiro atoms. The van der Waals surface area contributed by atoms with Crippen molar-refractivity contribution in [2.75, 3.05) is 11.4 Å². The molecule has 0 saturated carbocycles. The average molecular weight is 282 g/mol. The Morgan fingerprint density at radius 1 is 1.33 bits per heavy atom. The first-order valence-electron chi connectivity index (χ1n) is 6.70. The van der Waals surface area contributed by atoms with Crippen LogP contribution in [0.1, 0.15) is 21.5 Å². The van der Waals surface area contributed by atoms with Crippen LogP contribution in [-0.2, 0) is 17.6 Å². The zero-order valence-corrected chi connectivity index (χ0v) is 11.3. The molecule has 1 aromatic heterocycles. The molecule has 3 rings (SSSR count). The van der Waals surface area contributed by atoms with E-state index in [9.17, 15) is 9.59 Å². The number of carboxylic acids is 1. The molecule has 0 fully saturated rings. The zero-order valence-electron chi connectivity index (χ0n) is 11.3. The van der Waals surface area contributed by atoms with Crippen LogP contribution >= 0.6 is 0 Å². The highest BCUT2D eigenvalue weighted by Gasteiger charge is 2.27. The summed E-state index contributed by atoms with van der Waals surface area (Å²) >= 11 is 0. The van der Waals surface area contributed by atoms with Crippen molar-refractivity contribution in [3.63, 3.8) is 0 Å². The first-order valence-corrected chi connectivity index (χ1v) is 6.70. The summed E-state index contributed by atoms with van der Waals surface area (Å²) in [5.74, 6) is -0.971. The highest BCUT2D eigenvalue weighted by Crippen LogP contribution is 2.30. The standard InChI is InChI=1S/C16H14N2O3/c19-15-9-12-3-4-13(16(20)21)8-14(12)18(15)7-5-11-2-1-6-17-10-11/h1-4,6,8,10H,5,7,9H2,(H,20,21). The van der Waals surface area contributed by atoms with Crippen LogP contribution in [0.15, 0.2) is 42.7 Å². The van der Waals surface area contributed by atoms with Gasteiger partial charge in [-0.15, -0.1) is 0 Å². The minimum Gasteiger partial charge on any atom is -0.478 e. The molecule has 5 heteroatoms. The quantitative estimate of drug-likeness (QED) is 0.930. The van der Waals surface area contributed by atoms with Gasteiger partial charge in [0.1, 0.15) is 0 Å². The van der Waals surface area contributed by atoms with Gasteiger partial charge in [-0.25, -0.2) is 4.79 Å². The third-order valence-corrected chi connectivity index (χ3v) is 3.61. The summed E-state index contributed by atoms with van der Waals surface area (Å²) in [6.45, 7) is 0.528. The minimum absolute atomic E-state index is 0.0106. The summed E-state index contributed by atoms with van der Waals surface area (Å²) in [5, 5.41) is 9.06. The highest BCUT2D eigenvalue weighted by molar-refractivity contribution is 6.03. The third kappa shape index (κ3) is 2.63. The molecule has 1 aliphatic heterocycles. The molecule has 1 amide bonds. The lowest BCUT2D eigenvalue weighted by atomic mass is 10.1. The number of nitrogens with zero attached hydrogens (tertiary/aromatic N) is 2. The van der Waals surface area contributed by atoms with Crippen LogP contribution in [-0.4, -0.2) is 28.5 Å². The van der Waals surface area contributed by atoms with Gasteiger partial charge in [0, 0.05) is 24.6 Å². The van der Waals surface area contributed by atoms with Crippen LogP contribution in [0, 0.1) is 0 Å². The van der Waals surface area contributed by atoms with Gasteiger partial charge in [0.25, 0.3) is 0 Å². The van der Waals surface area contributed by atoms with Gasteiger partial charge < -0.3 is 10.0 Å². The number of carbonyl (C=O) groups excluding carboxylic acids is 1. The van der Waals surface area contributed by atoms with E-state index in [0.717, 1.165) is 11.1 Å². The smallest absolute Gasteiger partial charge is 0.335 e. The molecule has 2 aromatic rings. The summed E-state index contributed by atoms with van der Waals surface area (Å²) in [7, 11) is 0. The summed E-state index contributed by atoms with van der Waals surface area (Å²) in [6.07, 6.45) is 4.51. The van der Waals surface area contributed by atoms with Crippen molar-refractivity contribution in [2.24, 2.45) is 0 Å². The Kier molecular flexibility index (Phi) is 3.39. The Balaban J connectivity index is 1.82. The molecule has 2 heterocycles. The number of aromatic nitrogens is 1. The average Bonchev–Trinajstić information content (AvgIpc) is 2.80. The van der Waals surface area contributed by atoms with Gasteiger partial charge >= 0.3 is 5.97 Å². The maximum absolute atomic E-state index is 12.1. The maximum Gasteiger partial charge on any atom is 0.335 e. The van der Waals surface area contributed by atoms with E-state index in [0.29, 0.717) is 25.1 Å². The van der Waals surface area contributed by atoms with E-state index in [1.54, 1.807) is 35.5 Å². The molecule has 0 aliphatic carbocycles. The van der Waals surface area contributed by atoms with Crippen molar-refractivity contribution in [2.45, 2.75) is 12.8 Å². The van der Waals surface area contributed by atoms with Crippen molar-refractivity contribution >= 4 is 17.6 Å². The van der Waals surface area contributed by atoms with Crippen LogP contribution in [0.2, 0.25) is 0 Å². The molecule has 5 nitrogen and oxygen atoms in total. The van der Waals surface area contributed by atoms with Crippen LogP contribution in [0.5, 0.6) is 0 Å². The fourth-order valence-corrected chi connectivity index (χ4v) is 2.52. The number of aromatic carboxylic acids is 1. The topological polar surface area (TPSA) is 70.5 Å². The van der Waals surface area contributed by atoms with E-state index in [-0.39, 0.29) is 11.5 Å². The molecular formula is C16H14N2O3. The molecule has 106 valence electrons. The summed E-state index contributed by atoms with van der Waals surface area (Å²) in [4.78, 5) is 28.9. The predicted molar refractivity (Wildman–Crippen MR) is 77.4 cm³/mol. The Bertz CT molecular complexity index is 698. The van der Waals surface area contributed by atoms with Crippen molar-refractivity contribution in [1.82, 2.24) is 4.98 Å². The van der Waals surface area contributed by atoms with Gasteiger partial charge in [0.2, 0.25) is 5.91 Å². The third-order valence-electron chi connectivity index (χ3n) is 3.61.